The molecule has 1 fully saturated rings. The fraction of sp³-hybridized carbons (Fsp3) is 0.429. The van der Waals surface area contributed by atoms with Gasteiger partial charge in [0, 0.05) is 44.0 Å². The first-order valence-electron chi connectivity index (χ1n) is 12.2. The van der Waals surface area contributed by atoms with Crippen molar-refractivity contribution in [1.29, 1.82) is 0 Å². The van der Waals surface area contributed by atoms with Crippen molar-refractivity contribution in [1.82, 2.24) is 5.32 Å². The Bertz CT molecular complexity index is 1140. The van der Waals surface area contributed by atoms with Crippen LogP contribution in [0.1, 0.15) is 30.5 Å². The molecule has 0 unspecified atom stereocenters. The Hall–Kier alpha value is -2.52. The highest BCUT2D eigenvalue weighted by atomic mass is 35.5. The molecule has 1 heterocycles. The fourth-order valence-electron chi connectivity index (χ4n) is 4.72. The second-order valence-electron chi connectivity index (χ2n) is 9.17. The molecule has 0 radical (unpaired) electrons. The lowest BCUT2D eigenvalue weighted by atomic mass is 9.99. The molecule has 5 nitrogen and oxygen atoms in total. The zero-order valence-corrected chi connectivity index (χ0v) is 21.9. The molecule has 9 heteroatoms. The van der Waals surface area contributed by atoms with Crippen molar-refractivity contribution in [3.05, 3.63) is 71.8 Å². The minimum absolute atomic E-state index is 0. The van der Waals surface area contributed by atoms with Gasteiger partial charge >= 0.3 is 6.18 Å². The van der Waals surface area contributed by atoms with Gasteiger partial charge < -0.3 is 24.4 Å². The van der Waals surface area contributed by atoms with Crippen LogP contribution in [0.4, 0.5) is 18.9 Å². The van der Waals surface area contributed by atoms with Gasteiger partial charge in [-0.15, -0.1) is 12.4 Å². The molecule has 4 rings (SSSR count). The lowest BCUT2D eigenvalue weighted by Gasteiger charge is -2.24. The number of ether oxygens (including phenoxy) is 3. The summed E-state index contributed by atoms with van der Waals surface area (Å²) in [5.74, 6) is 0.593. The van der Waals surface area contributed by atoms with E-state index in [9.17, 15) is 13.2 Å². The quantitative estimate of drug-likeness (QED) is 0.290. The molecule has 1 aliphatic heterocycles. The fourth-order valence-corrected chi connectivity index (χ4v) is 4.72. The summed E-state index contributed by atoms with van der Waals surface area (Å²) in [5.41, 5.74) is 2.83. The Labute approximate surface area is 222 Å². The number of methoxy groups -OCH3 is 1. The maximum absolute atomic E-state index is 12.5. The number of nitrogens with one attached hydrogen (secondary N) is 1. The minimum Gasteiger partial charge on any atom is -0.491 e. The average molecular weight is 539 g/mol. The van der Waals surface area contributed by atoms with Crippen LogP contribution >= 0.6 is 12.4 Å². The Morgan fingerprint density at radius 1 is 1.05 bits per heavy atom. The van der Waals surface area contributed by atoms with Gasteiger partial charge in [0.2, 0.25) is 0 Å². The van der Waals surface area contributed by atoms with Crippen LogP contribution in [-0.4, -0.2) is 52.2 Å². The van der Waals surface area contributed by atoms with Crippen LogP contribution < -0.4 is 15.0 Å². The van der Waals surface area contributed by atoms with Crippen molar-refractivity contribution >= 4 is 28.9 Å². The monoisotopic (exact) mass is 538 g/mol. The van der Waals surface area contributed by atoms with Gasteiger partial charge in [-0.25, -0.2) is 0 Å². The van der Waals surface area contributed by atoms with E-state index in [2.05, 4.69) is 59.6 Å². The highest BCUT2D eigenvalue weighted by Crippen LogP contribution is 2.30. The SMILES string of the molecule is COCCOc1cc(COCC(F)(F)F)cc(N2CC[C@H](N[C@H](C)c3cccc4ccccc34)C2)c1.Cl. The molecule has 3 aromatic carbocycles. The van der Waals surface area contributed by atoms with Gasteiger partial charge in [-0.3, -0.25) is 0 Å². The number of halogens is 4. The third-order valence-electron chi connectivity index (χ3n) is 6.37. The van der Waals surface area contributed by atoms with Gasteiger partial charge in [-0.05, 0) is 47.4 Å². The van der Waals surface area contributed by atoms with Gasteiger partial charge in [-0.2, -0.15) is 13.2 Å². The first-order chi connectivity index (χ1) is 17.3. The smallest absolute Gasteiger partial charge is 0.411 e. The molecular weight excluding hydrogens is 505 g/mol. The largest absolute Gasteiger partial charge is 0.491 e. The predicted molar refractivity (Wildman–Crippen MR) is 143 cm³/mol. The number of alkyl halides is 3. The summed E-state index contributed by atoms with van der Waals surface area (Å²) in [6, 6.07) is 20.8. The lowest BCUT2D eigenvalue weighted by Crippen LogP contribution is -2.34. The minimum atomic E-state index is -4.36. The summed E-state index contributed by atoms with van der Waals surface area (Å²) >= 11 is 0. The van der Waals surface area contributed by atoms with Crippen LogP contribution in [0.25, 0.3) is 10.8 Å². The summed E-state index contributed by atoms with van der Waals surface area (Å²) < 4.78 is 53.4. The molecule has 0 amide bonds. The third kappa shape index (κ3) is 8.23. The summed E-state index contributed by atoms with van der Waals surface area (Å²) in [5, 5.41) is 6.24. The van der Waals surface area contributed by atoms with Crippen LogP contribution in [0.3, 0.4) is 0 Å². The zero-order valence-electron chi connectivity index (χ0n) is 21.1. The number of hydrogen-bond donors (Lipinski definition) is 1. The van der Waals surface area contributed by atoms with Crippen molar-refractivity contribution < 1.29 is 27.4 Å². The van der Waals surface area contributed by atoms with Crippen LogP contribution in [0.15, 0.2) is 60.7 Å². The van der Waals surface area contributed by atoms with E-state index in [0.29, 0.717) is 24.5 Å². The van der Waals surface area contributed by atoms with Crippen LogP contribution in [-0.2, 0) is 16.1 Å². The first kappa shape index (κ1) is 29.0. The Morgan fingerprint density at radius 2 is 1.84 bits per heavy atom. The highest BCUT2D eigenvalue weighted by molar-refractivity contribution is 5.86. The number of fused-ring (bicyclic) bond motifs is 1. The maximum atomic E-state index is 12.5. The van der Waals surface area contributed by atoms with Gasteiger partial charge in [-0.1, -0.05) is 42.5 Å². The van der Waals surface area contributed by atoms with Gasteiger partial charge in [0.25, 0.3) is 0 Å². The maximum Gasteiger partial charge on any atom is 0.411 e. The topological polar surface area (TPSA) is 43.0 Å². The summed E-state index contributed by atoms with van der Waals surface area (Å²) in [6.45, 7) is 3.18. The van der Waals surface area contributed by atoms with Crippen molar-refractivity contribution in [2.45, 2.75) is 38.2 Å². The third-order valence-corrected chi connectivity index (χ3v) is 6.37. The molecule has 0 aromatic heterocycles. The molecule has 2 atom stereocenters. The van der Waals surface area contributed by atoms with E-state index in [-0.39, 0.29) is 31.1 Å². The summed E-state index contributed by atoms with van der Waals surface area (Å²) in [7, 11) is 1.59. The van der Waals surface area contributed by atoms with E-state index in [1.54, 1.807) is 13.2 Å². The molecule has 3 aromatic rings. The molecule has 0 aliphatic carbocycles. The molecule has 0 saturated carbocycles. The molecule has 1 saturated heterocycles. The highest BCUT2D eigenvalue weighted by Gasteiger charge is 2.28. The van der Waals surface area contributed by atoms with Crippen molar-refractivity contribution in [3.8, 4) is 5.75 Å². The number of hydrogen-bond acceptors (Lipinski definition) is 5. The Balaban J connectivity index is 0.00000380. The van der Waals surface area contributed by atoms with Crippen LogP contribution in [0, 0.1) is 0 Å². The van der Waals surface area contributed by atoms with Crippen LogP contribution in [0.5, 0.6) is 5.75 Å². The normalized spacial score (nSPS) is 16.6. The van der Waals surface area contributed by atoms with Crippen molar-refractivity contribution in [3.63, 3.8) is 0 Å². The van der Waals surface area contributed by atoms with Gasteiger partial charge in [0.15, 0.2) is 0 Å². The van der Waals surface area contributed by atoms with E-state index in [1.807, 2.05) is 12.1 Å². The second kappa shape index (κ2) is 13.3. The van der Waals surface area contributed by atoms with Crippen molar-refractivity contribution in [2.75, 3.05) is 44.9 Å². The summed E-state index contributed by atoms with van der Waals surface area (Å²) in [4.78, 5) is 2.24. The standard InChI is InChI=1S/C28H33F3N2O3.ClH/c1-20(26-9-5-7-22-6-3-4-8-27(22)26)32-23-10-11-33(17-23)24-14-21(18-35-19-28(29,30)31)15-25(16-24)36-13-12-34-2;/h3-9,14-16,20,23,32H,10-13,17-19H2,1-2H3;1H/t20-,23+;/m1./s1. The predicted octanol–water partition coefficient (Wildman–Crippen LogP) is 6.30. The Morgan fingerprint density at radius 3 is 2.62 bits per heavy atom. The molecule has 0 bridgehead atoms. The number of benzene rings is 3. The second-order valence-corrected chi connectivity index (χ2v) is 9.17. The number of nitrogens with zero attached hydrogens (tertiary/aromatic N) is 1. The lowest BCUT2D eigenvalue weighted by molar-refractivity contribution is -0.176. The van der Waals surface area contributed by atoms with Gasteiger partial charge in [0.1, 0.15) is 19.0 Å². The number of anilines is 1. The molecule has 1 N–H and O–H groups in total. The van der Waals surface area contributed by atoms with E-state index in [0.717, 1.165) is 25.2 Å². The average Bonchev–Trinajstić information content (AvgIpc) is 3.31. The zero-order chi connectivity index (χ0) is 25.5. The van der Waals surface area contributed by atoms with Gasteiger partial charge in [0.05, 0.1) is 13.2 Å². The molecule has 0 spiro atoms. The molecular formula is C28H34ClF3N2O3. The molecule has 37 heavy (non-hydrogen) atoms. The number of rotatable bonds is 11. The van der Waals surface area contributed by atoms with E-state index >= 15 is 0 Å². The van der Waals surface area contributed by atoms with E-state index in [4.69, 9.17) is 14.2 Å². The Kier molecular flexibility index (Phi) is 10.5. The van der Waals surface area contributed by atoms with Crippen molar-refractivity contribution in [2.24, 2.45) is 0 Å². The van der Waals surface area contributed by atoms with E-state index < -0.39 is 12.8 Å². The molecule has 202 valence electrons. The van der Waals surface area contributed by atoms with Crippen LogP contribution in [0.2, 0.25) is 0 Å². The summed E-state index contributed by atoms with van der Waals surface area (Å²) in [6.07, 6.45) is -3.40. The molecule has 1 aliphatic rings. The first-order valence-corrected chi connectivity index (χ1v) is 12.2. The van der Waals surface area contributed by atoms with E-state index in [1.165, 1.54) is 16.3 Å².